The number of halogens is 1. The first kappa shape index (κ1) is 21.9. The highest BCUT2D eigenvalue weighted by molar-refractivity contribution is 7.80. The summed E-state index contributed by atoms with van der Waals surface area (Å²) in [6, 6.07) is 12.2. The maximum Gasteiger partial charge on any atom is 0.197 e. The summed E-state index contributed by atoms with van der Waals surface area (Å²) in [7, 11) is 1.61. The van der Waals surface area contributed by atoms with Crippen LogP contribution in [-0.2, 0) is 17.7 Å². The number of hydrogen-bond donors (Lipinski definition) is 2. The van der Waals surface area contributed by atoms with E-state index >= 15 is 0 Å². The van der Waals surface area contributed by atoms with E-state index in [2.05, 4.69) is 10.6 Å². The molecule has 0 radical (unpaired) electrons. The van der Waals surface area contributed by atoms with E-state index in [9.17, 15) is 4.39 Å². The van der Waals surface area contributed by atoms with Crippen molar-refractivity contribution in [3.05, 3.63) is 59.4 Å². The third-order valence-corrected chi connectivity index (χ3v) is 4.30. The minimum Gasteiger partial charge on any atom is -0.493 e. The van der Waals surface area contributed by atoms with E-state index in [-0.39, 0.29) is 12.1 Å². The Morgan fingerprint density at radius 1 is 1.14 bits per heavy atom. The molecule has 0 bridgehead atoms. The molecular formula is C21H27FN2O3S. The van der Waals surface area contributed by atoms with Crippen molar-refractivity contribution in [2.45, 2.75) is 33.1 Å². The van der Waals surface area contributed by atoms with E-state index in [1.165, 1.54) is 12.1 Å². The monoisotopic (exact) mass is 406 g/mol. The topological polar surface area (TPSA) is 51.8 Å². The molecular weight excluding hydrogens is 379 g/mol. The summed E-state index contributed by atoms with van der Waals surface area (Å²) in [5, 5.41) is 6.86. The van der Waals surface area contributed by atoms with Crippen LogP contribution in [0.15, 0.2) is 42.5 Å². The van der Waals surface area contributed by atoms with Gasteiger partial charge < -0.3 is 24.8 Å². The zero-order valence-electron chi connectivity index (χ0n) is 16.5. The maximum atomic E-state index is 12.9. The normalized spacial score (nSPS) is 11.6. The fourth-order valence-electron chi connectivity index (χ4n) is 2.68. The second-order valence-electron chi connectivity index (χ2n) is 6.08. The van der Waals surface area contributed by atoms with Crippen molar-refractivity contribution in [1.29, 1.82) is 0 Å². The van der Waals surface area contributed by atoms with Crippen LogP contribution in [0.3, 0.4) is 0 Å². The number of rotatable bonds is 10. The second kappa shape index (κ2) is 11.5. The van der Waals surface area contributed by atoms with Crippen LogP contribution in [0.1, 0.15) is 25.0 Å². The first-order chi connectivity index (χ1) is 13.5. The molecule has 0 aliphatic carbocycles. The molecule has 5 nitrogen and oxygen atoms in total. The predicted molar refractivity (Wildman–Crippen MR) is 112 cm³/mol. The fraction of sp³-hybridized carbons (Fsp3) is 0.381. The molecule has 0 amide bonds. The molecule has 2 rings (SSSR count). The van der Waals surface area contributed by atoms with Crippen molar-refractivity contribution >= 4 is 17.3 Å². The summed E-state index contributed by atoms with van der Waals surface area (Å²) in [5.41, 5.74) is 1.97. The zero-order chi connectivity index (χ0) is 20.4. The van der Waals surface area contributed by atoms with Gasteiger partial charge in [0, 0.05) is 25.3 Å². The summed E-state index contributed by atoms with van der Waals surface area (Å²) >= 11 is 5.33. The number of ether oxygens (including phenoxy) is 3. The third kappa shape index (κ3) is 6.98. The average molecular weight is 407 g/mol. The van der Waals surface area contributed by atoms with Crippen molar-refractivity contribution in [2.24, 2.45) is 0 Å². The lowest BCUT2D eigenvalue weighted by Crippen LogP contribution is -2.36. The van der Waals surface area contributed by atoms with Crippen molar-refractivity contribution in [3.63, 3.8) is 0 Å². The maximum absolute atomic E-state index is 12.9. The molecule has 0 aromatic heterocycles. The van der Waals surface area contributed by atoms with Gasteiger partial charge in [-0.2, -0.15) is 0 Å². The Labute approximate surface area is 171 Å². The number of thiocarbonyl (C=S) groups is 1. The lowest BCUT2D eigenvalue weighted by atomic mass is 10.1. The quantitative estimate of drug-likeness (QED) is 0.462. The van der Waals surface area contributed by atoms with E-state index in [1.54, 1.807) is 19.2 Å². The molecule has 28 heavy (non-hydrogen) atoms. The van der Waals surface area contributed by atoms with Gasteiger partial charge in [0.15, 0.2) is 22.9 Å². The van der Waals surface area contributed by atoms with Gasteiger partial charge in [-0.1, -0.05) is 24.3 Å². The highest BCUT2D eigenvalue weighted by Gasteiger charge is 2.13. The Kier molecular flexibility index (Phi) is 8.97. The first-order valence-corrected chi connectivity index (χ1v) is 9.64. The Hall–Kier alpha value is -2.38. The van der Waals surface area contributed by atoms with Crippen LogP contribution in [0.2, 0.25) is 0 Å². The molecule has 1 unspecified atom stereocenters. The van der Waals surface area contributed by atoms with Crippen LogP contribution in [-0.4, -0.2) is 31.7 Å². The largest absolute Gasteiger partial charge is 0.493 e. The van der Waals surface area contributed by atoms with Crippen LogP contribution in [0.4, 0.5) is 4.39 Å². The number of methoxy groups -OCH3 is 1. The molecule has 0 aliphatic rings. The summed E-state index contributed by atoms with van der Waals surface area (Å²) in [6.45, 7) is 5.48. The van der Waals surface area contributed by atoms with E-state index < -0.39 is 0 Å². The van der Waals surface area contributed by atoms with E-state index in [0.29, 0.717) is 36.3 Å². The van der Waals surface area contributed by atoms with Crippen molar-refractivity contribution in [1.82, 2.24) is 10.6 Å². The summed E-state index contributed by atoms with van der Waals surface area (Å²) in [6.07, 6.45) is 0.390. The van der Waals surface area contributed by atoms with Crippen molar-refractivity contribution in [3.8, 4) is 11.5 Å². The third-order valence-electron chi connectivity index (χ3n) is 4.01. The van der Waals surface area contributed by atoms with Gasteiger partial charge in [0.1, 0.15) is 5.82 Å². The number of para-hydroxylation sites is 1. The molecule has 0 saturated heterocycles. The average Bonchev–Trinajstić information content (AvgIpc) is 2.68. The van der Waals surface area contributed by atoms with Crippen molar-refractivity contribution in [2.75, 3.05) is 20.3 Å². The lowest BCUT2D eigenvalue weighted by molar-refractivity contribution is -0.0624. The van der Waals surface area contributed by atoms with E-state index in [1.807, 2.05) is 32.0 Å². The minimum absolute atomic E-state index is 0.232. The van der Waals surface area contributed by atoms with Gasteiger partial charge in [-0.3, -0.25) is 0 Å². The molecule has 2 N–H and O–H groups in total. The standard InChI is InChI=1S/C21H27FN2O3S/c1-4-26-15(2)27-19-7-5-6-17(20(19)25-3)14-24-21(28)23-13-12-16-8-10-18(22)11-9-16/h5-11,15H,4,12-14H2,1-3H3,(H2,23,24,28). The highest BCUT2D eigenvalue weighted by Crippen LogP contribution is 2.31. The molecule has 2 aromatic carbocycles. The zero-order valence-corrected chi connectivity index (χ0v) is 17.3. The molecule has 0 saturated carbocycles. The van der Waals surface area contributed by atoms with Crippen LogP contribution in [0, 0.1) is 5.82 Å². The van der Waals surface area contributed by atoms with Crippen LogP contribution < -0.4 is 20.1 Å². The number of nitrogens with one attached hydrogen (secondary N) is 2. The smallest absolute Gasteiger partial charge is 0.197 e. The van der Waals surface area contributed by atoms with Gasteiger partial charge in [-0.15, -0.1) is 0 Å². The lowest BCUT2D eigenvalue weighted by Gasteiger charge is -2.19. The minimum atomic E-state index is -0.365. The van der Waals surface area contributed by atoms with Gasteiger partial charge in [0.05, 0.1) is 7.11 Å². The van der Waals surface area contributed by atoms with E-state index in [0.717, 1.165) is 17.5 Å². The molecule has 0 spiro atoms. The molecule has 1 atom stereocenters. The SMILES string of the molecule is CCOC(C)Oc1cccc(CNC(=S)NCCc2ccc(F)cc2)c1OC. The first-order valence-electron chi connectivity index (χ1n) is 9.23. The molecule has 0 aliphatic heterocycles. The molecule has 2 aromatic rings. The fourth-order valence-corrected chi connectivity index (χ4v) is 2.86. The Balaban J connectivity index is 1.85. The van der Waals surface area contributed by atoms with Gasteiger partial charge in [-0.25, -0.2) is 4.39 Å². The van der Waals surface area contributed by atoms with Gasteiger partial charge in [-0.05, 0) is 56.2 Å². The summed E-state index contributed by atoms with van der Waals surface area (Å²) < 4.78 is 29.7. The van der Waals surface area contributed by atoms with E-state index in [4.69, 9.17) is 26.4 Å². The van der Waals surface area contributed by atoms with Crippen LogP contribution in [0.5, 0.6) is 11.5 Å². The van der Waals surface area contributed by atoms with Gasteiger partial charge in [0.2, 0.25) is 0 Å². The van der Waals surface area contributed by atoms with Gasteiger partial charge >= 0.3 is 0 Å². The highest BCUT2D eigenvalue weighted by atomic mass is 32.1. The Bertz CT molecular complexity index is 756. The number of benzene rings is 2. The second-order valence-corrected chi connectivity index (χ2v) is 6.48. The number of hydrogen-bond acceptors (Lipinski definition) is 4. The molecule has 7 heteroatoms. The predicted octanol–water partition coefficient (Wildman–Crippen LogP) is 3.80. The Morgan fingerprint density at radius 3 is 2.57 bits per heavy atom. The van der Waals surface area contributed by atoms with Crippen LogP contribution >= 0.6 is 12.2 Å². The molecule has 0 fully saturated rings. The Morgan fingerprint density at radius 2 is 1.89 bits per heavy atom. The van der Waals surface area contributed by atoms with Crippen LogP contribution in [0.25, 0.3) is 0 Å². The summed E-state index contributed by atoms with van der Waals surface area (Å²) in [5.74, 6) is 1.04. The van der Waals surface area contributed by atoms with Gasteiger partial charge in [0.25, 0.3) is 0 Å². The molecule has 152 valence electrons. The molecule has 0 heterocycles. The summed E-state index contributed by atoms with van der Waals surface area (Å²) in [4.78, 5) is 0. The van der Waals surface area contributed by atoms with Crippen molar-refractivity contribution < 1.29 is 18.6 Å².